The second kappa shape index (κ2) is 7.18. The molecule has 0 bridgehead atoms. The fourth-order valence-electron chi connectivity index (χ4n) is 3.93. The first-order valence-electron chi connectivity index (χ1n) is 9.08. The van der Waals surface area contributed by atoms with Gasteiger partial charge in [-0.05, 0) is 24.0 Å². The minimum absolute atomic E-state index is 0.0759. The zero-order valence-corrected chi connectivity index (χ0v) is 15.9. The predicted octanol–water partition coefficient (Wildman–Crippen LogP) is 1.97. The molecule has 1 aromatic rings. The molecule has 8 heteroatoms. The van der Waals surface area contributed by atoms with Crippen LogP contribution < -0.4 is 5.32 Å². The van der Waals surface area contributed by atoms with Crippen molar-refractivity contribution >= 4 is 17.8 Å². The van der Waals surface area contributed by atoms with Crippen molar-refractivity contribution in [1.29, 1.82) is 0 Å². The molecule has 0 aromatic heterocycles. The SMILES string of the molecule is CC(=O)N[C@@]1([C@@H](CC(C)C)[C@@H]2Cc3cccc(O)c3C(=O)O2)OC(=O)C=C1O. The molecule has 0 saturated carbocycles. The molecule has 3 N–H and O–H groups in total. The van der Waals surface area contributed by atoms with Gasteiger partial charge in [-0.25, -0.2) is 9.59 Å². The third-order valence-corrected chi connectivity index (χ3v) is 4.97. The minimum Gasteiger partial charge on any atom is -0.507 e. The Labute approximate surface area is 162 Å². The van der Waals surface area contributed by atoms with Crippen molar-refractivity contribution in [3.8, 4) is 5.75 Å². The largest absolute Gasteiger partial charge is 0.507 e. The van der Waals surface area contributed by atoms with Gasteiger partial charge < -0.3 is 25.0 Å². The molecule has 3 rings (SSSR count). The third-order valence-electron chi connectivity index (χ3n) is 4.97. The molecule has 2 aliphatic rings. The quantitative estimate of drug-likeness (QED) is 0.658. The van der Waals surface area contributed by atoms with Gasteiger partial charge in [0.25, 0.3) is 5.72 Å². The summed E-state index contributed by atoms with van der Waals surface area (Å²) in [6.45, 7) is 5.10. The number of aliphatic hydroxyl groups excluding tert-OH is 1. The molecule has 0 radical (unpaired) electrons. The van der Waals surface area contributed by atoms with Gasteiger partial charge in [0.05, 0.1) is 12.0 Å². The van der Waals surface area contributed by atoms with Crippen molar-refractivity contribution in [2.24, 2.45) is 11.8 Å². The van der Waals surface area contributed by atoms with Crippen molar-refractivity contribution in [3.05, 3.63) is 41.2 Å². The number of carbonyl (C=O) groups is 3. The molecule has 0 unspecified atom stereocenters. The molecule has 0 saturated heterocycles. The maximum atomic E-state index is 12.5. The highest BCUT2D eigenvalue weighted by Crippen LogP contribution is 2.41. The Bertz CT molecular complexity index is 860. The Balaban J connectivity index is 2.05. The van der Waals surface area contributed by atoms with E-state index in [2.05, 4.69) is 5.32 Å². The number of aliphatic hydroxyl groups is 1. The Morgan fingerprint density at radius 1 is 1.32 bits per heavy atom. The first-order valence-corrected chi connectivity index (χ1v) is 9.08. The number of aromatic hydroxyl groups is 1. The number of fused-ring (bicyclic) bond motifs is 1. The van der Waals surface area contributed by atoms with Crippen LogP contribution in [-0.4, -0.2) is 39.9 Å². The number of benzene rings is 1. The predicted molar refractivity (Wildman–Crippen MR) is 97.3 cm³/mol. The number of ether oxygens (including phenoxy) is 2. The van der Waals surface area contributed by atoms with Crippen molar-refractivity contribution in [2.45, 2.75) is 45.4 Å². The summed E-state index contributed by atoms with van der Waals surface area (Å²) < 4.78 is 11.0. The monoisotopic (exact) mass is 389 g/mol. The van der Waals surface area contributed by atoms with Gasteiger partial charge in [-0.3, -0.25) is 4.79 Å². The Kier molecular flexibility index (Phi) is 5.06. The summed E-state index contributed by atoms with van der Waals surface area (Å²) in [6.07, 6.45) is 0.738. The summed E-state index contributed by atoms with van der Waals surface area (Å²) in [6, 6.07) is 4.73. The van der Waals surface area contributed by atoms with Crippen molar-refractivity contribution in [2.75, 3.05) is 0 Å². The van der Waals surface area contributed by atoms with E-state index in [0.29, 0.717) is 12.0 Å². The molecule has 3 atom stereocenters. The van der Waals surface area contributed by atoms with Crippen LogP contribution in [0.4, 0.5) is 0 Å². The average Bonchev–Trinajstić information content (AvgIpc) is 2.85. The van der Waals surface area contributed by atoms with E-state index in [1.54, 1.807) is 12.1 Å². The molecule has 150 valence electrons. The Morgan fingerprint density at radius 2 is 2.04 bits per heavy atom. The lowest BCUT2D eigenvalue weighted by molar-refractivity contribution is -0.168. The first kappa shape index (κ1) is 19.7. The van der Waals surface area contributed by atoms with E-state index in [1.165, 1.54) is 13.0 Å². The van der Waals surface area contributed by atoms with Gasteiger partial charge in [-0.15, -0.1) is 0 Å². The smallest absolute Gasteiger partial charge is 0.342 e. The van der Waals surface area contributed by atoms with Crippen LogP contribution in [0.1, 0.15) is 43.1 Å². The van der Waals surface area contributed by atoms with Gasteiger partial charge in [-0.2, -0.15) is 0 Å². The van der Waals surface area contributed by atoms with E-state index in [4.69, 9.17) is 9.47 Å². The topological polar surface area (TPSA) is 122 Å². The zero-order valence-electron chi connectivity index (χ0n) is 15.9. The molecule has 1 aromatic carbocycles. The molecule has 2 heterocycles. The van der Waals surface area contributed by atoms with Crippen LogP contribution in [0.3, 0.4) is 0 Å². The van der Waals surface area contributed by atoms with Gasteiger partial charge in [0.15, 0.2) is 5.76 Å². The summed E-state index contributed by atoms with van der Waals surface area (Å²) in [5.41, 5.74) is -1.13. The summed E-state index contributed by atoms with van der Waals surface area (Å²) in [4.78, 5) is 36.3. The van der Waals surface area contributed by atoms with Crippen molar-refractivity contribution in [3.63, 3.8) is 0 Å². The van der Waals surface area contributed by atoms with Gasteiger partial charge in [0.2, 0.25) is 5.91 Å². The summed E-state index contributed by atoms with van der Waals surface area (Å²) >= 11 is 0. The van der Waals surface area contributed by atoms with Gasteiger partial charge in [0, 0.05) is 13.3 Å². The number of cyclic esters (lactones) is 2. The summed E-state index contributed by atoms with van der Waals surface area (Å²) in [5, 5.41) is 23.0. The number of hydrogen-bond donors (Lipinski definition) is 3. The highest BCUT2D eigenvalue weighted by atomic mass is 16.6. The number of amides is 1. The molecular formula is C20H23NO7. The van der Waals surface area contributed by atoms with Gasteiger partial charge in [0.1, 0.15) is 17.4 Å². The van der Waals surface area contributed by atoms with Crippen LogP contribution in [0.5, 0.6) is 5.75 Å². The maximum absolute atomic E-state index is 12.5. The van der Waals surface area contributed by atoms with E-state index < -0.39 is 41.4 Å². The standard InChI is InChI=1S/C20H23NO7/c1-10(2)7-13(20(21-11(3)22)16(24)9-17(25)28-20)15-8-12-5-4-6-14(23)18(12)19(26)27-15/h4-6,9-10,13,15,23-24H,7-8H2,1-3H3,(H,21,22)/t13-,15-,20-/m0/s1. The number of rotatable bonds is 5. The highest BCUT2D eigenvalue weighted by Gasteiger charge is 2.55. The molecule has 8 nitrogen and oxygen atoms in total. The molecule has 1 amide bonds. The van der Waals surface area contributed by atoms with Gasteiger partial charge in [-0.1, -0.05) is 26.0 Å². The van der Waals surface area contributed by atoms with Crippen molar-refractivity contribution in [1.82, 2.24) is 5.32 Å². The third kappa shape index (κ3) is 3.42. The van der Waals surface area contributed by atoms with Crippen LogP contribution in [0.2, 0.25) is 0 Å². The maximum Gasteiger partial charge on any atom is 0.342 e. The molecule has 0 fully saturated rings. The Hall–Kier alpha value is -3.03. The van der Waals surface area contributed by atoms with E-state index in [0.717, 1.165) is 6.08 Å². The van der Waals surface area contributed by atoms with Crippen LogP contribution >= 0.6 is 0 Å². The number of hydrogen-bond acceptors (Lipinski definition) is 7. The van der Waals surface area contributed by atoms with Crippen LogP contribution in [-0.2, 0) is 25.5 Å². The normalized spacial score (nSPS) is 24.9. The highest BCUT2D eigenvalue weighted by molar-refractivity contribution is 5.95. The Morgan fingerprint density at radius 3 is 2.61 bits per heavy atom. The number of phenolic OH excluding ortho intramolecular Hbond substituents is 1. The summed E-state index contributed by atoms with van der Waals surface area (Å²) in [7, 11) is 0. The first-order chi connectivity index (χ1) is 13.1. The van der Waals surface area contributed by atoms with E-state index >= 15 is 0 Å². The second-order valence-electron chi connectivity index (χ2n) is 7.56. The van der Waals surface area contributed by atoms with Crippen LogP contribution in [0, 0.1) is 11.8 Å². The van der Waals surface area contributed by atoms with Crippen LogP contribution in [0.15, 0.2) is 30.0 Å². The molecule has 2 aliphatic heterocycles. The lowest BCUT2D eigenvalue weighted by atomic mass is 9.78. The number of carbonyl (C=O) groups excluding carboxylic acids is 3. The number of esters is 2. The molecule has 0 aliphatic carbocycles. The fraction of sp³-hybridized carbons (Fsp3) is 0.450. The second-order valence-corrected chi connectivity index (χ2v) is 7.56. The molecular weight excluding hydrogens is 366 g/mol. The average molecular weight is 389 g/mol. The molecule has 0 spiro atoms. The zero-order chi connectivity index (χ0) is 20.6. The molecule has 28 heavy (non-hydrogen) atoms. The van der Waals surface area contributed by atoms with Crippen molar-refractivity contribution < 1.29 is 34.1 Å². The number of phenols is 1. The lowest BCUT2D eigenvalue weighted by Crippen LogP contribution is -2.60. The minimum atomic E-state index is -1.81. The lowest BCUT2D eigenvalue weighted by Gasteiger charge is -2.42. The number of nitrogens with one attached hydrogen (secondary N) is 1. The summed E-state index contributed by atoms with van der Waals surface area (Å²) in [5.74, 6) is -3.28. The van der Waals surface area contributed by atoms with E-state index in [-0.39, 0.29) is 23.7 Å². The fourth-order valence-corrected chi connectivity index (χ4v) is 3.93. The van der Waals surface area contributed by atoms with Gasteiger partial charge >= 0.3 is 11.9 Å². The van der Waals surface area contributed by atoms with Crippen LogP contribution in [0.25, 0.3) is 0 Å². The van der Waals surface area contributed by atoms with E-state index in [9.17, 15) is 24.6 Å². The van der Waals surface area contributed by atoms with E-state index in [1.807, 2.05) is 13.8 Å².